The molecule has 0 saturated carbocycles. The van der Waals surface area contributed by atoms with Gasteiger partial charge in [0.2, 0.25) is 5.95 Å². The summed E-state index contributed by atoms with van der Waals surface area (Å²) in [6.07, 6.45) is 3.37. The molecule has 22 heavy (non-hydrogen) atoms. The van der Waals surface area contributed by atoms with E-state index >= 15 is 0 Å². The Morgan fingerprint density at radius 3 is 2.59 bits per heavy atom. The molecule has 3 aromatic heterocycles. The number of aromatic nitrogens is 3. The van der Waals surface area contributed by atoms with Gasteiger partial charge in [0.1, 0.15) is 9.71 Å². The third-order valence-electron chi connectivity index (χ3n) is 3.20. The molecule has 112 valence electrons. The van der Waals surface area contributed by atoms with Crippen LogP contribution in [0.15, 0.2) is 24.5 Å². The first kappa shape index (κ1) is 14.2. The Hall–Kier alpha value is -2.74. The number of nitrogen functional groups attached to an aromatic ring is 1. The lowest BCUT2D eigenvalue weighted by Gasteiger charge is -2.06. The maximum absolute atomic E-state index is 12.0. The van der Waals surface area contributed by atoms with E-state index in [1.165, 1.54) is 11.3 Å². The van der Waals surface area contributed by atoms with Gasteiger partial charge in [-0.25, -0.2) is 9.97 Å². The van der Waals surface area contributed by atoms with E-state index in [1.807, 2.05) is 12.1 Å². The summed E-state index contributed by atoms with van der Waals surface area (Å²) in [5.74, 6) is 0.246. The van der Waals surface area contributed by atoms with Gasteiger partial charge >= 0.3 is 0 Å². The molecule has 1 amide bonds. The van der Waals surface area contributed by atoms with Gasteiger partial charge in [0.05, 0.1) is 16.8 Å². The van der Waals surface area contributed by atoms with Crippen LogP contribution in [0.3, 0.4) is 0 Å². The minimum atomic E-state index is -0.229. The Kier molecular flexibility index (Phi) is 3.60. The molecule has 4 N–H and O–H groups in total. The molecule has 0 bridgehead atoms. The number of nitrogens with two attached hydrogens (primary N) is 1. The summed E-state index contributed by atoms with van der Waals surface area (Å²) >= 11 is 1.25. The highest BCUT2D eigenvalue weighted by molar-refractivity contribution is 7.21. The zero-order valence-electron chi connectivity index (χ0n) is 12.0. The molecular weight excluding hydrogens is 300 g/mol. The first-order valence-electron chi connectivity index (χ1n) is 6.56. The summed E-state index contributed by atoms with van der Waals surface area (Å²) in [6, 6.07) is 3.69. The summed E-state index contributed by atoms with van der Waals surface area (Å²) < 4.78 is 0. The van der Waals surface area contributed by atoms with Crippen LogP contribution in [0.1, 0.15) is 9.67 Å². The Bertz CT molecular complexity index is 845. The lowest BCUT2D eigenvalue weighted by Crippen LogP contribution is -2.17. The maximum Gasteiger partial charge on any atom is 0.263 e. The van der Waals surface area contributed by atoms with Gasteiger partial charge in [-0.15, -0.1) is 11.3 Å². The largest absolute Gasteiger partial charge is 0.397 e. The SMILES string of the molecule is CNC(=O)c1sc2nc(NC)nc(-c3ccncc3)c2c1N. The Morgan fingerprint density at radius 2 is 1.95 bits per heavy atom. The van der Waals surface area contributed by atoms with E-state index in [0.29, 0.717) is 32.4 Å². The van der Waals surface area contributed by atoms with Gasteiger partial charge in [-0.1, -0.05) is 0 Å². The van der Waals surface area contributed by atoms with Gasteiger partial charge in [-0.05, 0) is 12.1 Å². The van der Waals surface area contributed by atoms with Crippen LogP contribution in [-0.2, 0) is 0 Å². The quantitative estimate of drug-likeness (QED) is 0.680. The number of nitrogens with zero attached hydrogens (tertiary/aromatic N) is 3. The Balaban J connectivity index is 2.35. The summed E-state index contributed by atoms with van der Waals surface area (Å²) in [7, 11) is 3.31. The topological polar surface area (TPSA) is 106 Å². The highest BCUT2D eigenvalue weighted by Crippen LogP contribution is 2.38. The summed E-state index contributed by atoms with van der Waals surface area (Å²) in [6.45, 7) is 0. The van der Waals surface area contributed by atoms with Crippen molar-refractivity contribution in [2.75, 3.05) is 25.1 Å². The molecule has 0 saturated heterocycles. The normalized spacial score (nSPS) is 10.6. The molecule has 3 heterocycles. The number of thiophene rings is 1. The van der Waals surface area contributed by atoms with Crippen molar-refractivity contribution in [3.63, 3.8) is 0 Å². The zero-order valence-corrected chi connectivity index (χ0v) is 12.9. The standard InChI is InChI=1S/C14H14N6OS/c1-16-12(21)11-9(15)8-10(7-3-5-18-6-4-7)19-14(17-2)20-13(8)22-11/h3-6H,15H2,1-2H3,(H,16,21)(H,17,19,20). The molecule has 0 unspecified atom stereocenters. The molecule has 0 aromatic carbocycles. The lowest BCUT2D eigenvalue weighted by atomic mass is 10.1. The highest BCUT2D eigenvalue weighted by Gasteiger charge is 2.21. The predicted molar refractivity (Wildman–Crippen MR) is 88.0 cm³/mol. The minimum Gasteiger partial charge on any atom is -0.397 e. The van der Waals surface area contributed by atoms with Gasteiger partial charge in [0, 0.05) is 32.1 Å². The van der Waals surface area contributed by atoms with Crippen molar-refractivity contribution in [2.45, 2.75) is 0 Å². The number of nitrogens with one attached hydrogen (secondary N) is 2. The van der Waals surface area contributed by atoms with E-state index in [1.54, 1.807) is 26.5 Å². The Morgan fingerprint density at radius 1 is 1.23 bits per heavy atom. The fourth-order valence-electron chi connectivity index (χ4n) is 2.13. The first-order chi connectivity index (χ1) is 10.7. The molecule has 7 nitrogen and oxygen atoms in total. The van der Waals surface area contributed by atoms with E-state index in [2.05, 4.69) is 25.6 Å². The van der Waals surface area contributed by atoms with Crippen molar-refractivity contribution in [1.82, 2.24) is 20.3 Å². The van der Waals surface area contributed by atoms with Crippen molar-refractivity contribution in [1.29, 1.82) is 0 Å². The summed E-state index contributed by atoms with van der Waals surface area (Å²) in [4.78, 5) is 26.0. The second-order valence-corrected chi connectivity index (χ2v) is 5.48. The van der Waals surface area contributed by atoms with E-state index in [4.69, 9.17) is 5.73 Å². The van der Waals surface area contributed by atoms with Crippen LogP contribution in [0, 0.1) is 0 Å². The Labute approximate surface area is 130 Å². The molecule has 0 aliphatic carbocycles. The van der Waals surface area contributed by atoms with Crippen LogP contribution in [0.5, 0.6) is 0 Å². The number of carbonyl (C=O) groups is 1. The van der Waals surface area contributed by atoms with Crippen LogP contribution in [0.2, 0.25) is 0 Å². The molecule has 3 rings (SSSR count). The fourth-order valence-corrected chi connectivity index (χ4v) is 3.18. The van der Waals surface area contributed by atoms with Crippen LogP contribution >= 0.6 is 11.3 Å². The zero-order chi connectivity index (χ0) is 15.7. The molecular formula is C14H14N6OS. The second-order valence-electron chi connectivity index (χ2n) is 4.49. The van der Waals surface area contributed by atoms with E-state index in [-0.39, 0.29) is 5.91 Å². The van der Waals surface area contributed by atoms with E-state index in [0.717, 1.165) is 5.56 Å². The number of fused-ring (bicyclic) bond motifs is 1. The molecule has 0 spiro atoms. The number of hydrogen-bond acceptors (Lipinski definition) is 7. The van der Waals surface area contributed by atoms with Gasteiger partial charge in [0.25, 0.3) is 5.91 Å². The fraction of sp³-hybridized carbons (Fsp3) is 0.143. The average Bonchev–Trinajstić information content (AvgIpc) is 2.91. The number of anilines is 2. The monoisotopic (exact) mass is 314 g/mol. The van der Waals surface area contributed by atoms with Crippen molar-refractivity contribution < 1.29 is 4.79 Å². The van der Waals surface area contributed by atoms with Gasteiger partial charge in [0.15, 0.2) is 0 Å². The molecule has 3 aromatic rings. The number of hydrogen-bond donors (Lipinski definition) is 3. The van der Waals surface area contributed by atoms with Crippen molar-refractivity contribution in [3.8, 4) is 11.3 Å². The minimum absolute atomic E-state index is 0.229. The van der Waals surface area contributed by atoms with Gasteiger partial charge < -0.3 is 16.4 Å². The molecule has 0 atom stereocenters. The van der Waals surface area contributed by atoms with Crippen molar-refractivity contribution in [2.24, 2.45) is 0 Å². The third-order valence-corrected chi connectivity index (χ3v) is 4.30. The van der Waals surface area contributed by atoms with Crippen molar-refractivity contribution >= 4 is 39.1 Å². The highest BCUT2D eigenvalue weighted by atomic mass is 32.1. The lowest BCUT2D eigenvalue weighted by molar-refractivity contribution is 0.0968. The van der Waals surface area contributed by atoms with E-state index in [9.17, 15) is 4.79 Å². The molecule has 0 aliphatic rings. The number of carbonyl (C=O) groups excluding carboxylic acids is 1. The van der Waals surface area contributed by atoms with Crippen molar-refractivity contribution in [3.05, 3.63) is 29.4 Å². The number of pyridine rings is 1. The molecule has 0 fully saturated rings. The van der Waals surface area contributed by atoms with Crippen LogP contribution in [-0.4, -0.2) is 35.0 Å². The smallest absolute Gasteiger partial charge is 0.263 e. The first-order valence-corrected chi connectivity index (χ1v) is 7.37. The number of amides is 1. The van der Waals surface area contributed by atoms with Crippen LogP contribution < -0.4 is 16.4 Å². The average molecular weight is 314 g/mol. The summed E-state index contributed by atoms with van der Waals surface area (Å²) in [5.41, 5.74) is 8.12. The van der Waals surface area contributed by atoms with Gasteiger partial charge in [-0.2, -0.15) is 0 Å². The van der Waals surface area contributed by atoms with Crippen LogP contribution in [0.25, 0.3) is 21.5 Å². The van der Waals surface area contributed by atoms with Crippen LogP contribution in [0.4, 0.5) is 11.6 Å². The number of rotatable bonds is 3. The summed E-state index contributed by atoms with van der Waals surface area (Å²) in [5, 5.41) is 6.21. The predicted octanol–water partition coefficient (Wildman–Crippen LogP) is 1.74. The third kappa shape index (κ3) is 2.23. The second kappa shape index (κ2) is 5.57. The molecule has 0 aliphatic heterocycles. The van der Waals surface area contributed by atoms with Gasteiger partial charge in [-0.3, -0.25) is 9.78 Å². The molecule has 8 heteroatoms. The maximum atomic E-state index is 12.0. The molecule has 0 radical (unpaired) electrons. The van der Waals surface area contributed by atoms with E-state index < -0.39 is 0 Å².